The molecule has 0 aromatic heterocycles. The molecule has 0 bridgehead atoms. The zero-order valence-electron chi connectivity index (χ0n) is 46.6. The summed E-state index contributed by atoms with van der Waals surface area (Å²) in [5, 5.41) is 8.92. The molecule has 4 aliphatic heterocycles. The second-order valence-corrected chi connectivity index (χ2v) is 31.1. The number of rotatable bonds is 18. The van der Waals surface area contributed by atoms with Crippen molar-refractivity contribution in [2.45, 2.75) is 97.0 Å². The van der Waals surface area contributed by atoms with Crippen LogP contribution in [0.2, 0.25) is 18.1 Å². The molecule has 0 spiro atoms. The van der Waals surface area contributed by atoms with Gasteiger partial charge in [-0.3, -0.25) is 14.5 Å². The number of methoxy groups -OCH3 is 3. The first-order valence-electron chi connectivity index (χ1n) is 26.2. The van der Waals surface area contributed by atoms with E-state index in [1.807, 2.05) is 49.5 Å². The molecule has 0 saturated carbocycles. The van der Waals surface area contributed by atoms with E-state index in [4.69, 9.17) is 112 Å². The molecule has 1 N–H and O–H groups in total. The number of ether oxygens (including phenoxy) is 8. The molecule has 442 valence electrons. The second kappa shape index (κ2) is 25.4. The van der Waals surface area contributed by atoms with E-state index >= 15 is 4.79 Å². The van der Waals surface area contributed by atoms with Crippen LogP contribution < -0.4 is 38.2 Å². The Labute approximate surface area is 507 Å². The lowest BCUT2D eigenvalue weighted by molar-refractivity contribution is 0.0585. The lowest BCUT2D eigenvalue weighted by Crippen LogP contribution is -2.58. The van der Waals surface area contributed by atoms with Crippen molar-refractivity contribution < 1.29 is 66.6 Å². The highest BCUT2D eigenvalue weighted by Gasteiger charge is 2.52. The average molecular weight is 1270 g/mol. The van der Waals surface area contributed by atoms with Gasteiger partial charge in [-0.05, 0) is 96.6 Å². The molecule has 4 aromatic carbocycles. The van der Waals surface area contributed by atoms with Crippen molar-refractivity contribution in [3.63, 3.8) is 0 Å². The van der Waals surface area contributed by atoms with Crippen LogP contribution in [0, 0.1) is 0 Å². The summed E-state index contributed by atoms with van der Waals surface area (Å²) in [4.78, 5) is 64.5. The van der Waals surface area contributed by atoms with Gasteiger partial charge in [0.25, 0.3) is 11.8 Å². The number of benzene rings is 4. The summed E-state index contributed by atoms with van der Waals surface area (Å²) in [6, 6.07) is 18.8. The summed E-state index contributed by atoms with van der Waals surface area (Å²) in [5.41, 5.74) is 3.78. The fraction of sp³-hybridized carbons (Fsp3) is 0.439. The minimum Gasteiger partial charge on any atom is -0.497 e. The van der Waals surface area contributed by atoms with Gasteiger partial charge in [-0.2, -0.15) is 0 Å². The lowest BCUT2D eigenvalue weighted by atomic mass is 9.98. The number of nitrogens with zero attached hydrogens (tertiary/aromatic N) is 4. The zero-order chi connectivity index (χ0) is 59.6. The van der Waals surface area contributed by atoms with Crippen LogP contribution in [0.3, 0.4) is 0 Å². The van der Waals surface area contributed by atoms with E-state index in [1.165, 1.54) is 48.3 Å². The monoisotopic (exact) mass is 1270 g/mol. The molecule has 4 aromatic rings. The Morgan fingerprint density at radius 1 is 0.610 bits per heavy atom. The summed E-state index contributed by atoms with van der Waals surface area (Å²) in [6.45, 7) is 10.9. The Kier molecular flexibility index (Phi) is 19.4. The molecule has 82 heavy (non-hydrogen) atoms. The van der Waals surface area contributed by atoms with Crippen LogP contribution in [0.5, 0.6) is 34.5 Å². The highest BCUT2D eigenvalue weighted by atomic mass is 35.6. The fourth-order valence-electron chi connectivity index (χ4n) is 9.75. The summed E-state index contributed by atoms with van der Waals surface area (Å²) >= 11 is 36.5. The van der Waals surface area contributed by atoms with Crippen LogP contribution in [-0.4, -0.2) is 140 Å². The zero-order valence-corrected chi connectivity index (χ0v) is 52.1. The van der Waals surface area contributed by atoms with Gasteiger partial charge in [0, 0.05) is 31.0 Å². The number of amides is 4. The van der Waals surface area contributed by atoms with Crippen LogP contribution in [0.1, 0.15) is 78.8 Å². The summed E-state index contributed by atoms with van der Waals surface area (Å²) < 4.78 is 49.9. The molecule has 4 heterocycles. The highest BCUT2D eigenvalue weighted by Crippen LogP contribution is 2.48. The standard InChI is InChI=1S/C57H64Cl6N4O14Si/c1-33-42-23-36(34-11-15-38(73-5)16-12-34)29-64(42)50(69)40-25-46(74-6)48(27-43(40)66(33)53(71)79-31-56(58,59)60)77-20-10-21-78-49-28-44-41(26-47(49)75-7)51(70)65-30-37(35-13-17-39(18-14-35)76-22-19-68)24-45(65)52(81-82(8,9)55(2,3)4)67(44)54(72)80-32-57(61,62)63/h11-18,25-30,33,42,45,52,68H,10,19-24,31-32H2,1-9H3/t33-,42?,45?,52-/m1/s1. The van der Waals surface area contributed by atoms with Gasteiger partial charge in [-0.1, -0.05) is 115 Å². The van der Waals surface area contributed by atoms with Crippen LogP contribution >= 0.6 is 69.6 Å². The van der Waals surface area contributed by atoms with Crippen LogP contribution in [0.25, 0.3) is 11.1 Å². The summed E-state index contributed by atoms with van der Waals surface area (Å²) in [7, 11) is 1.62. The van der Waals surface area contributed by atoms with E-state index in [0.717, 1.165) is 22.3 Å². The Morgan fingerprint density at radius 3 is 1.51 bits per heavy atom. The van der Waals surface area contributed by atoms with E-state index in [-0.39, 0.29) is 89.8 Å². The van der Waals surface area contributed by atoms with Crippen LogP contribution in [0.4, 0.5) is 21.0 Å². The minimum atomic E-state index is -2.81. The van der Waals surface area contributed by atoms with Crippen molar-refractivity contribution in [2.75, 3.05) is 70.8 Å². The lowest BCUT2D eigenvalue weighted by Gasteiger charge is -2.44. The molecule has 18 nitrogen and oxygen atoms in total. The molecule has 4 amide bonds. The fourth-order valence-corrected chi connectivity index (χ4v) is 11.3. The smallest absolute Gasteiger partial charge is 0.416 e. The molecule has 25 heteroatoms. The van der Waals surface area contributed by atoms with E-state index in [9.17, 15) is 19.5 Å². The van der Waals surface area contributed by atoms with E-state index in [0.29, 0.717) is 17.9 Å². The molecule has 8 rings (SSSR count). The number of anilines is 2. The number of aliphatic hydroxyl groups excluding tert-OH is 1. The highest BCUT2D eigenvalue weighted by molar-refractivity contribution is 6.74. The number of hydrogen-bond donors (Lipinski definition) is 1. The van der Waals surface area contributed by atoms with Gasteiger partial charge in [0.1, 0.15) is 31.3 Å². The van der Waals surface area contributed by atoms with E-state index in [1.54, 1.807) is 48.4 Å². The SMILES string of the molecule is COc1ccc(C2=CN3C(=O)c4cc(OC)c(OCCCOc5cc6c(cc5OC)C(=O)N5C=C(c7ccc(OCCO)cc7)CC5[C@@H](O[Si](C)(C)C(C)(C)C)N6C(=O)OCC(Cl)(Cl)Cl)cc4N(C(=O)OCC(Cl)(Cl)Cl)[C@H](C)C3C2)cc1. The quantitative estimate of drug-likeness (QED) is 0.0564. The Balaban J connectivity index is 1.09. The van der Waals surface area contributed by atoms with E-state index in [2.05, 4.69) is 20.8 Å². The summed E-state index contributed by atoms with van der Waals surface area (Å²) in [5.74, 6) is 1.09. The Bertz CT molecular complexity index is 3090. The minimum absolute atomic E-state index is 0.00708. The largest absolute Gasteiger partial charge is 0.497 e. The van der Waals surface area contributed by atoms with Crippen molar-refractivity contribution in [1.82, 2.24) is 9.80 Å². The molecule has 4 aliphatic rings. The van der Waals surface area contributed by atoms with Gasteiger partial charge < -0.3 is 57.2 Å². The average Bonchev–Trinajstić information content (AvgIpc) is 4.05. The van der Waals surface area contributed by atoms with Gasteiger partial charge in [0.05, 0.1) is 81.8 Å². The third-order valence-corrected chi connectivity index (χ3v) is 20.0. The van der Waals surface area contributed by atoms with Crippen molar-refractivity contribution in [3.8, 4) is 34.5 Å². The predicted molar refractivity (Wildman–Crippen MR) is 318 cm³/mol. The number of halogens is 6. The first-order chi connectivity index (χ1) is 38.7. The van der Waals surface area contributed by atoms with E-state index < -0.39 is 77.5 Å². The number of fused-ring (bicyclic) bond motifs is 4. The maximum atomic E-state index is 15.1. The van der Waals surface area contributed by atoms with Gasteiger partial charge in [-0.25, -0.2) is 14.5 Å². The second-order valence-electron chi connectivity index (χ2n) is 21.3. The number of alkyl halides is 6. The number of hydrogen-bond acceptors (Lipinski definition) is 14. The Morgan fingerprint density at radius 2 is 1.06 bits per heavy atom. The normalized spacial score (nSPS) is 19.0. The van der Waals surface area contributed by atoms with Gasteiger partial charge in [0.15, 0.2) is 37.5 Å². The van der Waals surface area contributed by atoms with Crippen molar-refractivity contribution in [3.05, 3.63) is 107 Å². The van der Waals surface area contributed by atoms with Crippen molar-refractivity contribution in [2.24, 2.45) is 0 Å². The van der Waals surface area contributed by atoms with Crippen molar-refractivity contribution in [1.29, 1.82) is 0 Å². The number of aliphatic hydroxyl groups is 1. The maximum absolute atomic E-state index is 15.1. The molecular formula is C57H64Cl6N4O14Si. The predicted octanol–water partition coefficient (Wildman–Crippen LogP) is 12.8. The van der Waals surface area contributed by atoms with Crippen molar-refractivity contribution >= 4 is 124 Å². The molecule has 2 unspecified atom stereocenters. The van der Waals surface area contributed by atoms with Gasteiger partial charge >= 0.3 is 12.2 Å². The maximum Gasteiger partial charge on any atom is 0.416 e. The first-order valence-corrected chi connectivity index (χ1v) is 31.3. The van der Waals surface area contributed by atoms with Crippen LogP contribution in [0.15, 0.2) is 85.2 Å². The molecule has 0 fully saturated rings. The molecule has 0 radical (unpaired) electrons. The third kappa shape index (κ3) is 13.9. The first kappa shape index (κ1) is 62.6. The van der Waals surface area contributed by atoms with Gasteiger partial charge in [0.2, 0.25) is 7.59 Å². The van der Waals surface area contributed by atoms with Gasteiger partial charge in [-0.15, -0.1) is 0 Å². The number of carbonyl (C=O) groups is 4. The molecule has 0 aliphatic carbocycles. The molecule has 0 saturated heterocycles. The molecule has 4 atom stereocenters. The van der Waals surface area contributed by atoms with Crippen LogP contribution in [-0.2, 0) is 13.9 Å². The topological polar surface area (TPSA) is 185 Å². The summed E-state index contributed by atoms with van der Waals surface area (Å²) in [6.07, 6.45) is 1.48. The third-order valence-electron chi connectivity index (χ3n) is 14.9. The Hall–Kier alpha value is -5.48. The molecular weight excluding hydrogens is 1210 g/mol. The number of carbonyl (C=O) groups excluding carboxylic acids is 4.